The van der Waals surface area contributed by atoms with E-state index in [9.17, 15) is 45.7 Å². The van der Waals surface area contributed by atoms with Crippen LogP contribution in [0.2, 0.25) is 10.0 Å². The second-order valence-electron chi connectivity index (χ2n) is 15.9. The van der Waals surface area contributed by atoms with E-state index in [2.05, 4.69) is 31.1 Å². The van der Waals surface area contributed by atoms with E-state index in [-0.39, 0.29) is 87.8 Å². The Kier molecular flexibility index (Phi) is 19.3. The molecule has 0 saturated carbocycles. The fourth-order valence-electron chi connectivity index (χ4n) is 7.32. The van der Waals surface area contributed by atoms with Crippen molar-refractivity contribution >= 4 is 160 Å². The summed E-state index contributed by atoms with van der Waals surface area (Å²) in [4.78, 5) is 25.0. The first kappa shape index (κ1) is 57.9. The number of rotatable bonds is 14. The van der Waals surface area contributed by atoms with Crippen molar-refractivity contribution in [3.8, 4) is 23.0 Å². The van der Waals surface area contributed by atoms with E-state index in [4.69, 9.17) is 32.7 Å². The maximum absolute atomic E-state index is 13.4. The van der Waals surface area contributed by atoms with Gasteiger partial charge in [-0.2, -0.15) is 13.5 Å². The van der Waals surface area contributed by atoms with Gasteiger partial charge in [-0.15, -0.1) is 15.3 Å². The van der Waals surface area contributed by atoms with Gasteiger partial charge in [0.15, 0.2) is 5.75 Å². The number of azo groups is 2. The second-order valence-corrected chi connectivity index (χ2v) is 19.4. The van der Waals surface area contributed by atoms with Crippen molar-refractivity contribution in [2.45, 2.75) is 36.5 Å². The van der Waals surface area contributed by atoms with Crippen molar-refractivity contribution in [2.75, 3.05) is 24.9 Å². The third-order valence-corrected chi connectivity index (χ3v) is 14.0. The summed E-state index contributed by atoms with van der Waals surface area (Å²) in [5.74, 6) is -1.11. The van der Waals surface area contributed by atoms with Crippen LogP contribution in [0.15, 0.2) is 164 Å². The average Bonchev–Trinajstić information content (AvgIpc) is 3.38. The Labute approximate surface area is 481 Å². The summed E-state index contributed by atoms with van der Waals surface area (Å²) in [5, 5.41) is 47.5. The molecule has 8 rings (SSSR count). The molecule has 0 spiro atoms. The van der Waals surface area contributed by atoms with E-state index in [0.29, 0.717) is 68.4 Å². The van der Waals surface area contributed by atoms with Crippen molar-refractivity contribution < 1.29 is 55.2 Å². The summed E-state index contributed by atoms with van der Waals surface area (Å²) < 4.78 is 78.4. The Bertz CT molecular complexity index is 3530. The SMILES string of the molecule is CCc1cc(N=Nc2c(O)c(C(=O)Nc3ccc(OC)cc3)cc3ccccc23)c(Cl)c(S(=O)(=O)O)c1.CCc1cc(N=Nc2c([O-])c(C(=O)Nc3ccc(OC)cc3)cc3ccccc23)c(Cl)c(S(=O)(=O)[O-])c1.[Ba+2]. The zero-order valence-electron chi connectivity index (χ0n) is 40.2. The fraction of sp³-hybridized carbons (Fsp3) is 0.115. The van der Waals surface area contributed by atoms with Gasteiger partial charge < -0.3 is 34.9 Å². The van der Waals surface area contributed by atoms with Crippen LogP contribution in [-0.2, 0) is 33.1 Å². The smallest absolute Gasteiger partial charge is 0.870 e. The number of ether oxygens (including phenoxy) is 2. The number of hydrogen-bond acceptors (Lipinski definition) is 15. The molecule has 2 amide bonds. The third kappa shape index (κ3) is 13.7. The fourth-order valence-corrected chi connectivity index (χ4v) is 9.44. The number of anilines is 2. The number of carbonyl (C=O) groups excluding carboxylic acids is 2. The number of fused-ring (bicyclic) bond motifs is 2. The molecular weight excluding hydrogens is 1170 g/mol. The van der Waals surface area contributed by atoms with E-state index >= 15 is 0 Å². The van der Waals surface area contributed by atoms with E-state index in [1.807, 2.05) is 0 Å². The number of phenolic OH excluding ortho intramolecular Hbond substituents is 1. The number of benzene rings is 8. The molecule has 0 unspecified atom stereocenters. The van der Waals surface area contributed by atoms with E-state index < -0.39 is 58.4 Å². The summed E-state index contributed by atoms with van der Waals surface area (Å²) >= 11 is 12.4. The van der Waals surface area contributed by atoms with Gasteiger partial charge in [-0.3, -0.25) is 14.1 Å². The number of aryl methyl sites for hydroxylation is 2. The monoisotopic (exact) mass is 1210 g/mol. The topological polar surface area (TPSA) is 281 Å². The van der Waals surface area contributed by atoms with Crippen LogP contribution in [0.25, 0.3) is 21.5 Å². The van der Waals surface area contributed by atoms with Crippen LogP contribution >= 0.6 is 23.2 Å². The average molecular weight is 1220 g/mol. The molecule has 0 saturated heterocycles. The van der Waals surface area contributed by atoms with E-state index in [1.165, 1.54) is 50.6 Å². The van der Waals surface area contributed by atoms with Gasteiger partial charge >= 0.3 is 48.9 Å². The van der Waals surface area contributed by atoms with Crippen LogP contribution in [0.1, 0.15) is 45.7 Å². The standard InChI is InChI=1S/2C26H22ClN3O6S.Ba/c2*1-3-15-12-21(23(27)22(13-15)37(33,34)35)29-30-24-19-7-5-4-6-16(19)14-20(25(24)31)26(32)28-17-8-10-18(36-2)11-9-17;/h2*4-14,31H,3H2,1-2H3,(H,28,32)(H,33,34,35);/q;;+2/p-2. The van der Waals surface area contributed by atoms with Crippen molar-refractivity contribution in [1.29, 1.82) is 0 Å². The van der Waals surface area contributed by atoms with Gasteiger partial charge in [-0.05, 0) is 120 Å². The summed E-state index contributed by atoms with van der Waals surface area (Å²) in [5.41, 5.74) is 1.51. The molecule has 23 heteroatoms. The number of halogens is 2. The van der Waals surface area contributed by atoms with Crippen molar-refractivity contribution in [3.63, 3.8) is 0 Å². The Balaban J connectivity index is 0.000000241. The maximum atomic E-state index is 13.4. The Hall–Kier alpha value is -6.41. The first-order valence-electron chi connectivity index (χ1n) is 22.0. The number of phenols is 1. The van der Waals surface area contributed by atoms with Gasteiger partial charge in [-0.1, -0.05) is 91.3 Å². The van der Waals surface area contributed by atoms with Gasteiger partial charge in [0.2, 0.25) is 0 Å². The summed E-state index contributed by atoms with van der Waals surface area (Å²) in [6, 6.07) is 35.5. The number of carbonyl (C=O) groups is 2. The van der Waals surface area contributed by atoms with Crippen LogP contribution in [0.4, 0.5) is 34.1 Å². The van der Waals surface area contributed by atoms with Gasteiger partial charge in [0.25, 0.3) is 21.9 Å². The zero-order chi connectivity index (χ0) is 53.5. The van der Waals surface area contributed by atoms with Gasteiger partial charge in [0.05, 0.1) is 40.4 Å². The molecule has 75 heavy (non-hydrogen) atoms. The Morgan fingerprint density at radius 1 is 0.600 bits per heavy atom. The van der Waals surface area contributed by atoms with E-state index in [1.54, 1.807) is 111 Å². The molecule has 8 aromatic carbocycles. The van der Waals surface area contributed by atoms with Crippen molar-refractivity contribution in [2.24, 2.45) is 20.5 Å². The molecular formula is C52H42BaCl2N6O12S2. The molecule has 0 bridgehead atoms. The molecule has 0 fully saturated rings. The molecule has 8 aromatic rings. The predicted molar refractivity (Wildman–Crippen MR) is 284 cm³/mol. The third-order valence-electron chi connectivity index (χ3n) is 11.2. The molecule has 0 radical (unpaired) electrons. The first-order chi connectivity index (χ1) is 35.2. The van der Waals surface area contributed by atoms with Crippen LogP contribution in [0.3, 0.4) is 0 Å². The minimum atomic E-state index is -4.87. The predicted octanol–water partition coefficient (Wildman–Crippen LogP) is 12.0. The number of aromatic hydroxyl groups is 1. The molecule has 0 aromatic heterocycles. The molecule has 0 aliphatic rings. The largest absolute Gasteiger partial charge is 2.00 e. The number of nitrogens with one attached hydrogen (secondary N) is 2. The zero-order valence-corrected chi connectivity index (χ0v) is 47.7. The van der Waals surface area contributed by atoms with Gasteiger partial charge in [0.1, 0.15) is 43.6 Å². The maximum Gasteiger partial charge on any atom is 2.00 e. The molecule has 0 atom stereocenters. The summed E-state index contributed by atoms with van der Waals surface area (Å²) in [6.07, 6.45) is 0.844. The van der Waals surface area contributed by atoms with Crippen LogP contribution in [0, 0.1) is 0 Å². The Morgan fingerprint density at radius 3 is 1.47 bits per heavy atom. The Morgan fingerprint density at radius 2 is 1.01 bits per heavy atom. The number of nitrogens with zero attached hydrogens (tertiary/aromatic N) is 4. The van der Waals surface area contributed by atoms with E-state index in [0.717, 1.165) is 0 Å². The second kappa shape index (κ2) is 25.0. The van der Waals surface area contributed by atoms with Crippen LogP contribution in [-0.4, -0.2) is 106 Å². The molecule has 0 heterocycles. The summed E-state index contributed by atoms with van der Waals surface area (Å²) in [7, 11) is -6.43. The van der Waals surface area contributed by atoms with Gasteiger partial charge in [-0.25, -0.2) is 8.42 Å². The van der Waals surface area contributed by atoms with Gasteiger partial charge in [0, 0.05) is 27.7 Å². The molecule has 380 valence electrons. The minimum absolute atomic E-state index is 0. The van der Waals surface area contributed by atoms with Crippen LogP contribution in [0.5, 0.6) is 23.0 Å². The molecule has 0 aliphatic carbocycles. The van der Waals surface area contributed by atoms with Crippen molar-refractivity contribution in [1.82, 2.24) is 0 Å². The van der Waals surface area contributed by atoms with Crippen molar-refractivity contribution in [3.05, 3.63) is 166 Å². The minimum Gasteiger partial charge on any atom is -0.870 e. The number of amides is 2. The summed E-state index contributed by atoms with van der Waals surface area (Å²) in [6.45, 7) is 3.56. The normalized spacial score (nSPS) is 11.5. The quantitative estimate of drug-likeness (QED) is 0.0449. The molecule has 4 N–H and O–H groups in total. The number of methoxy groups -OCH3 is 2. The van der Waals surface area contributed by atoms with Crippen LogP contribution < -0.4 is 25.2 Å². The molecule has 18 nitrogen and oxygen atoms in total. The first-order valence-corrected chi connectivity index (χ1v) is 25.6. The number of hydrogen-bond donors (Lipinski definition) is 4. The molecule has 0 aliphatic heterocycles.